The van der Waals surface area contributed by atoms with Crippen molar-refractivity contribution in [3.63, 3.8) is 0 Å². The summed E-state index contributed by atoms with van der Waals surface area (Å²) in [6, 6.07) is 7.65. The number of carbonyl (C=O) groups excluding carboxylic acids is 1. The summed E-state index contributed by atoms with van der Waals surface area (Å²) in [5, 5.41) is 7.96. The smallest absolute Gasteiger partial charge is 0.253 e. The summed E-state index contributed by atoms with van der Waals surface area (Å²) < 4.78 is 1.87. The van der Waals surface area contributed by atoms with Gasteiger partial charge in [0.2, 0.25) is 0 Å². The fourth-order valence-corrected chi connectivity index (χ4v) is 3.08. The molecule has 0 atom stereocenters. The number of nitrogens with zero attached hydrogens (tertiary/aromatic N) is 5. The Labute approximate surface area is 191 Å². The van der Waals surface area contributed by atoms with Crippen molar-refractivity contribution in [3.8, 4) is 0 Å². The van der Waals surface area contributed by atoms with E-state index in [4.69, 9.17) is 0 Å². The van der Waals surface area contributed by atoms with Crippen molar-refractivity contribution in [2.45, 2.75) is 32.9 Å². The quantitative estimate of drug-likeness (QED) is 0.367. The molecule has 7 nitrogen and oxygen atoms in total. The van der Waals surface area contributed by atoms with Gasteiger partial charge in [-0.15, -0.1) is 24.0 Å². The molecule has 2 aromatic rings. The van der Waals surface area contributed by atoms with E-state index in [1.807, 2.05) is 43.0 Å². The van der Waals surface area contributed by atoms with Gasteiger partial charge in [0.05, 0.1) is 5.69 Å². The van der Waals surface area contributed by atoms with E-state index in [1.165, 1.54) is 5.56 Å². The summed E-state index contributed by atoms with van der Waals surface area (Å²) in [7, 11) is 9.26. The molecule has 0 saturated carbocycles. The molecule has 0 bridgehead atoms. The maximum Gasteiger partial charge on any atom is 0.253 e. The van der Waals surface area contributed by atoms with Crippen LogP contribution in [0.15, 0.2) is 35.5 Å². The molecule has 29 heavy (non-hydrogen) atoms. The molecular weight excluding hydrogens is 479 g/mol. The molecule has 0 radical (unpaired) electrons. The highest BCUT2D eigenvalue weighted by atomic mass is 127. The molecule has 0 unspecified atom stereocenters. The van der Waals surface area contributed by atoms with Crippen LogP contribution in [-0.2, 0) is 20.1 Å². The maximum atomic E-state index is 12.0. The number of aryl methyl sites for hydroxylation is 1. The van der Waals surface area contributed by atoms with Gasteiger partial charge in [0.1, 0.15) is 0 Å². The van der Waals surface area contributed by atoms with Crippen LogP contribution in [0.25, 0.3) is 0 Å². The SMILES string of the molecule is CN=C(NCc1ccc(C(=O)N(C)C)cc1)N(C)Cc1cn(C)nc1C(C)C.I. The Morgan fingerprint density at radius 2 is 1.83 bits per heavy atom. The van der Waals surface area contributed by atoms with Gasteiger partial charge in [-0.25, -0.2) is 0 Å². The van der Waals surface area contributed by atoms with Crippen molar-refractivity contribution in [2.75, 3.05) is 28.2 Å². The standard InChI is InChI=1S/C21H32N6O.HI/c1-15(2)19-18(14-27(7)24-19)13-26(6)21(22-3)23-12-16-8-10-17(11-9-16)20(28)25(4)5;/h8-11,14-15H,12-13H2,1-7H3,(H,22,23);1H. The molecule has 1 amide bonds. The molecule has 1 N–H and O–H groups in total. The number of amides is 1. The Morgan fingerprint density at radius 1 is 1.21 bits per heavy atom. The highest BCUT2D eigenvalue weighted by molar-refractivity contribution is 14.0. The van der Waals surface area contributed by atoms with Crippen LogP contribution in [0.3, 0.4) is 0 Å². The topological polar surface area (TPSA) is 65.8 Å². The number of aliphatic imine (C=N–C) groups is 1. The van der Waals surface area contributed by atoms with Crippen LogP contribution in [0.2, 0.25) is 0 Å². The third-order valence-electron chi connectivity index (χ3n) is 4.52. The molecule has 160 valence electrons. The number of carbonyl (C=O) groups is 1. The first-order valence-corrected chi connectivity index (χ1v) is 9.47. The highest BCUT2D eigenvalue weighted by Crippen LogP contribution is 2.18. The van der Waals surface area contributed by atoms with Gasteiger partial charge in [0.25, 0.3) is 5.91 Å². The molecule has 0 aliphatic rings. The molecule has 0 aliphatic carbocycles. The zero-order valence-electron chi connectivity index (χ0n) is 18.4. The van der Waals surface area contributed by atoms with Gasteiger partial charge in [-0.2, -0.15) is 5.10 Å². The first-order valence-electron chi connectivity index (χ1n) is 9.47. The molecule has 0 aliphatic heterocycles. The Morgan fingerprint density at radius 3 is 2.34 bits per heavy atom. The normalized spacial score (nSPS) is 11.2. The van der Waals surface area contributed by atoms with Gasteiger partial charge in [-0.05, 0) is 23.6 Å². The van der Waals surface area contributed by atoms with Gasteiger partial charge in [-0.3, -0.25) is 14.5 Å². The minimum absolute atomic E-state index is 0. The Balaban J connectivity index is 0.00000420. The van der Waals surface area contributed by atoms with Crippen molar-refractivity contribution in [1.82, 2.24) is 24.9 Å². The van der Waals surface area contributed by atoms with Gasteiger partial charge < -0.3 is 15.1 Å². The average Bonchev–Trinajstić information content (AvgIpc) is 3.02. The van der Waals surface area contributed by atoms with Gasteiger partial charge in [-0.1, -0.05) is 26.0 Å². The predicted octanol–water partition coefficient (Wildman–Crippen LogP) is 3.07. The van der Waals surface area contributed by atoms with Crippen LogP contribution in [0, 0.1) is 0 Å². The largest absolute Gasteiger partial charge is 0.352 e. The van der Waals surface area contributed by atoms with Crippen molar-refractivity contribution in [1.29, 1.82) is 0 Å². The summed E-state index contributed by atoms with van der Waals surface area (Å²) in [5.74, 6) is 1.20. The fraction of sp³-hybridized carbons (Fsp3) is 0.476. The second-order valence-electron chi connectivity index (χ2n) is 7.52. The lowest BCUT2D eigenvalue weighted by Gasteiger charge is -2.22. The van der Waals surface area contributed by atoms with E-state index in [9.17, 15) is 4.79 Å². The van der Waals surface area contributed by atoms with Crippen LogP contribution in [0.5, 0.6) is 0 Å². The van der Waals surface area contributed by atoms with Gasteiger partial charge in [0.15, 0.2) is 5.96 Å². The molecule has 1 aromatic heterocycles. The van der Waals surface area contributed by atoms with Crippen LogP contribution in [-0.4, -0.2) is 59.6 Å². The number of hydrogen-bond acceptors (Lipinski definition) is 3. The molecule has 0 fully saturated rings. The first kappa shape index (κ1) is 24.9. The highest BCUT2D eigenvalue weighted by Gasteiger charge is 2.15. The summed E-state index contributed by atoms with van der Waals surface area (Å²) in [6.07, 6.45) is 2.07. The minimum Gasteiger partial charge on any atom is -0.352 e. The lowest BCUT2D eigenvalue weighted by Crippen LogP contribution is -2.38. The van der Waals surface area contributed by atoms with Crippen LogP contribution in [0.4, 0.5) is 0 Å². The van der Waals surface area contributed by atoms with Crippen LogP contribution >= 0.6 is 24.0 Å². The molecule has 8 heteroatoms. The summed E-state index contributed by atoms with van der Waals surface area (Å²) >= 11 is 0. The van der Waals surface area contributed by atoms with E-state index in [0.717, 1.165) is 23.8 Å². The number of guanidine groups is 1. The molecule has 1 heterocycles. The van der Waals surface area contributed by atoms with Gasteiger partial charge in [0, 0.05) is 65.7 Å². The number of hydrogen-bond donors (Lipinski definition) is 1. The number of aromatic nitrogens is 2. The van der Waals surface area contributed by atoms with Crippen molar-refractivity contribution in [2.24, 2.45) is 12.0 Å². The molecule has 1 aromatic carbocycles. The summed E-state index contributed by atoms with van der Waals surface area (Å²) in [4.78, 5) is 20.0. The number of halogens is 1. The number of benzene rings is 1. The third-order valence-corrected chi connectivity index (χ3v) is 4.52. The number of rotatable bonds is 6. The van der Waals surface area contributed by atoms with E-state index in [2.05, 4.69) is 40.4 Å². The second-order valence-corrected chi connectivity index (χ2v) is 7.52. The minimum atomic E-state index is 0. The van der Waals surface area contributed by atoms with Crippen LogP contribution in [0.1, 0.15) is 46.9 Å². The van der Waals surface area contributed by atoms with E-state index in [-0.39, 0.29) is 29.9 Å². The van der Waals surface area contributed by atoms with Crippen molar-refractivity contribution in [3.05, 3.63) is 52.8 Å². The lowest BCUT2D eigenvalue weighted by molar-refractivity contribution is 0.0827. The van der Waals surface area contributed by atoms with Gasteiger partial charge >= 0.3 is 0 Å². The number of nitrogens with one attached hydrogen (secondary N) is 1. The Hall–Kier alpha value is -2.10. The fourth-order valence-electron chi connectivity index (χ4n) is 3.08. The first-order chi connectivity index (χ1) is 13.2. The lowest BCUT2D eigenvalue weighted by atomic mass is 10.1. The summed E-state index contributed by atoms with van der Waals surface area (Å²) in [6.45, 7) is 5.68. The Kier molecular flexibility index (Phi) is 9.61. The maximum absolute atomic E-state index is 12.0. The zero-order valence-corrected chi connectivity index (χ0v) is 20.8. The average molecular weight is 512 g/mol. The van der Waals surface area contributed by atoms with E-state index in [1.54, 1.807) is 26.0 Å². The summed E-state index contributed by atoms with van der Waals surface area (Å²) in [5.41, 5.74) is 4.10. The van der Waals surface area contributed by atoms with Crippen LogP contribution < -0.4 is 5.32 Å². The van der Waals surface area contributed by atoms with E-state index < -0.39 is 0 Å². The molecular formula is C21H33IN6O. The third kappa shape index (κ3) is 6.73. The predicted molar refractivity (Wildman–Crippen MR) is 129 cm³/mol. The van der Waals surface area contributed by atoms with Crippen molar-refractivity contribution < 1.29 is 4.79 Å². The van der Waals surface area contributed by atoms with Crippen molar-refractivity contribution >= 4 is 35.8 Å². The van der Waals surface area contributed by atoms with E-state index in [0.29, 0.717) is 18.0 Å². The zero-order chi connectivity index (χ0) is 20.8. The van der Waals surface area contributed by atoms with E-state index >= 15 is 0 Å². The molecule has 2 rings (SSSR count). The molecule has 0 saturated heterocycles. The second kappa shape index (κ2) is 11.2. The molecule has 0 spiro atoms. The Bertz CT molecular complexity index is 826. The monoisotopic (exact) mass is 512 g/mol.